The summed E-state index contributed by atoms with van der Waals surface area (Å²) in [6.45, 7) is 6.70. The highest BCUT2D eigenvalue weighted by molar-refractivity contribution is 4.73. The van der Waals surface area contributed by atoms with Crippen molar-refractivity contribution in [3.8, 4) is 0 Å². The van der Waals surface area contributed by atoms with Crippen LogP contribution in [0.1, 0.15) is 39.0 Å². The molecular weight excluding hydrogens is 216 g/mol. The lowest BCUT2D eigenvalue weighted by molar-refractivity contribution is 0.0454. The normalized spacial score (nSPS) is 32.6. The molecule has 2 aliphatic rings. The van der Waals surface area contributed by atoms with E-state index in [0.29, 0.717) is 6.10 Å². The van der Waals surface area contributed by atoms with Crippen LogP contribution in [0.5, 0.6) is 0 Å². The van der Waals surface area contributed by atoms with Crippen molar-refractivity contribution in [1.29, 1.82) is 0 Å². The first-order valence-electron chi connectivity index (χ1n) is 7.15. The fourth-order valence-corrected chi connectivity index (χ4v) is 2.49. The molecule has 2 fully saturated rings. The number of hydrogen-bond donors (Lipinski definition) is 0. The Morgan fingerprint density at radius 2 is 1.53 bits per heavy atom. The number of ether oxygens (including phenoxy) is 3. The molecule has 0 spiro atoms. The first-order valence-corrected chi connectivity index (χ1v) is 7.15. The molecule has 17 heavy (non-hydrogen) atoms. The van der Waals surface area contributed by atoms with E-state index in [4.69, 9.17) is 14.2 Å². The number of epoxide rings is 1. The Morgan fingerprint density at radius 3 is 2.06 bits per heavy atom. The summed E-state index contributed by atoms with van der Waals surface area (Å²) in [4.78, 5) is 0. The van der Waals surface area contributed by atoms with Gasteiger partial charge in [-0.3, -0.25) is 0 Å². The molecule has 100 valence electrons. The predicted molar refractivity (Wildman–Crippen MR) is 67.1 cm³/mol. The van der Waals surface area contributed by atoms with Gasteiger partial charge in [0.1, 0.15) is 6.10 Å². The van der Waals surface area contributed by atoms with Crippen LogP contribution in [0.25, 0.3) is 0 Å². The van der Waals surface area contributed by atoms with Gasteiger partial charge >= 0.3 is 0 Å². The summed E-state index contributed by atoms with van der Waals surface area (Å²) in [6.07, 6.45) is 6.80. The first-order chi connectivity index (χ1) is 8.38. The molecule has 1 atom stereocenters. The molecule has 2 rings (SSSR count). The van der Waals surface area contributed by atoms with Crippen molar-refractivity contribution in [2.75, 3.05) is 33.0 Å². The second-order valence-electron chi connectivity index (χ2n) is 5.45. The Labute approximate surface area is 105 Å². The summed E-state index contributed by atoms with van der Waals surface area (Å²) in [5.74, 6) is 1.57. The average Bonchev–Trinajstić information content (AvgIpc) is 3.16. The van der Waals surface area contributed by atoms with Crippen LogP contribution in [-0.2, 0) is 14.2 Å². The minimum atomic E-state index is 0.411. The van der Waals surface area contributed by atoms with Crippen LogP contribution in [0.15, 0.2) is 0 Å². The fourth-order valence-electron chi connectivity index (χ4n) is 2.49. The zero-order chi connectivity index (χ0) is 11.9. The van der Waals surface area contributed by atoms with Gasteiger partial charge in [0.25, 0.3) is 0 Å². The SMILES string of the molecule is CCCOCC1CCC(COCC2CO2)CC1. The second kappa shape index (κ2) is 7.34. The molecule has 1 aliphatic heterocycles. The molecule has 0 aromatic carbocycles. The Hall–Kier alpha value is -0.120. The minimum Gasteiger partial charge on any atom is -0.381 e. The molecule has 3 heteroatoms. The molecule has 1 heterocycles. The van der Waals surface area contributed by atoms with Gasteiger partial charge in [0.15, 0.2) is 0 Å². The monoisotopic (exact) mass is 242 g/mol. The third-order valence-corrected chi connectivity index (χ3v) is 3.73. The highest BCUT2D eigenvalue weighted by atomic mass is 16.6. The van der Waals surface area contributed by atoms with Gasteiger partial charge in [-0.2, -0.15) is 0 Å². The molecule has 0 amide bonds. The average molecular weight is 242 g/mol. The van der Waals surface area contributed by atoms with Gasteiger partial charge < -0.3 is 14.2 Å². The summed E-state index contributed by atoms with van der Waals surface area (Å²) in [5.41, 5.74) is 0. The van der Waals surface area contributed by atoms with Crippen molar-refractivity contribution in [3.05, 3.63) is 0 Å². The van der Waals surface area contributed by atoms with Gasteiger partial charge in [0, 0.05) is 19.8 Å². The van der Waals surface area contributed by atoms with E-state index in [1.54, 1.807) is 0 Å². The Kier molecular flexibility index (Phi) is 5.75. The Balaban J connectivity index is 1.48. The molecule has 0 N–H and O–H groups in total. The van der Waals surface area contributed by atoms with Gasteiger partial charge in [0.2, 0.25) is 0 Å². The third-order valence-electron chi connectivity index (χ3n) is 3.73. The smallest absolute Gasteiger partial charge is 0.104 e. The van der Waals surface area contributed by atoms with Crippen LogP contribution in [0, 0.1) is 11.8 Å². The maximum atomic E-state index is 5.67. The molecule has 1 unspecified atom stereocenters. The minimum absolute atomic E-state index is 0.411. The van der Waals surface area contributed by atoms with Gasteiger partial charge in [-0.05, 0) is 43.9 Å². The Bertz CT molecular complexity index is 196. The maximum Gasteiger partial charge on any atom is 0.104 e. The quantitative estimate of drug-likeness (QED) is 0.484. The molecule has 0 radical (unpaired) electrons. The van der Waals surface area contributed by atoms with Crippen molar-refractivity contribution in [2.24, 2.45) is 11.8 Å². The van der Waals surface area contributed by atoms with Crippen molar-refractivity contribution in [3.63, 3.8) is 0 Å². The first kappa shape index (κ1) is 13.3. The van der Waals surface area contributed by atoms with Crippen LogP contribution in [0.2, 0.25) is 0 Å². The summed E-state index contributed by atoms with van der Waals surface area (Å²) >= 11 is 0. The Morgan fingerprint density at radius 1 is 0.941 bits per heavy atom. The summed E-state index contributed by atoms with van der Waals surface area (Å²) in [7, 11) is 0. The van der Waals surface area contributed by atoms with Crippen LogP contribution in [-0.4, -0.2) is 39.1 Å². The number of rotatable bonds is 8. The zero-order valence-electron chi connectivity index (χ0n) is 11.0. The van der Waals surface area contributed by atoms with E-state index in [2.05, 4.69) is 6.92 Å². The van der Waals surface area contributed by atoms with Gasteiger partial charge in [-0.1, -0.05) is 6.92 Å². The molecule has 1 saturated heterocycles. The van der Waals surface area contributed by atoms with E-state index >= 15 is 0 Å². The van der Waals surface area contributed by atoms with E-state index in [0.717, 1.165) is 51.3 Å². The highest BCUT2D eigenvalue weighted by Crippen LogP contribution is 2.29. The summed E-state index contributed by atoms with van der Waals surface area (Å²) < 4.78 is 16.4. The zero-order valence-corrected chi connectivity index (χ0v) is 11.0. The van der Waals surface area contributed by atoms with Crippen molar-refractivity contribution in [2.45, 2.75) is 45.1 Å². The van der Waals surface area contributed by atoms with Crippen LogP contribution in [0.3, 0.4) is 0 Å². The van der Waals surface area contributed by atoms with Gasteiger partial charge in [-0.25, -0.2) is 0 Å². The molecule has 3 nitrogen and oxygen atoms in total. The predicted octanol–water partition coefficient (Wildman–Crippen LogP) is 2.63. The van der Waals surface area contributed by atoms with Crippen molar-refractivity contribution in [1.82, 2.24) is 0 Å². The summed E-state index contributed by atoms with van der Waals surface area (Å²) in [5, 5.41) is 0. The fraction of sp³-hybridized carbons (Fsp3) is 1.00. The van der Waals surface area contributed by atoms with Crippen molar-refractivity contribution >= 4 is 0 Å². The standard InChI is InChI=1S/C14H26O3/c1-2-7-15-8-12-3-5-13(6-4-12)9-16-10-14-11-17-14/h12-14H,2-11H2,1H3. The molecule has 1 saturated carbocycles. The molecule has 1 aliphatic carbocycles. The molecular formula is C14H26O3. The lowest BCUT2D eigenvalue weighted by Crippen LogP contribution is -2.22. The van der Waals surface area contributed by atoms with Crippen LogP contribution >= 0.6 is 0 Å². The lowest BCUT2D eigenvalue weighted by atomic mass is 9.83. The highest BCUT2D eigenvalue weighted by Gasteiger charge is 2.25. The lowest BCUT2D eigenvalue weighted by Gasteiger charge is -2.28. The van der Waals surface area contributed by atoms with E-state index in [9.17, 15) is 0 Å². The molecule has 0 aromatic heterocycles. The summed E-state index contributed by atoms with van der Waals surface area (Å²) in [6, 6.07) is 0. The second-order valence-corrected chi connectivity index (χ2v) is 5.45. The number of hydrogen-bond acceptors (Lipinski definition) is 3. The van der Waals surface area contributed by atoms with E-state index in [1.807, 2.05) is 0 Å². The van der Waals surface area contributed by atoms with Crippen LogP contribution in [0.4, 0.5) is 0 Å². The largest absolute Gasteiger partial charge is 0.381 e. The molecule has 0 aromatic rings. The maximum absolute atomic E-state index is 5.67. The third kappa shape index (κ3) is 5.36. The van der Waals surface area contributed by atoms with Gasteiger partial charge in [-0.15, -0.1) is 0 Å². The van der Waals surface area contributed by atoms with E-state index in [1.165, 1.54) is 25.7 Å². The molecule has 0 bridgehead atoms. The van der Waals surface area contributed by atoms with Crippen molar-refractivity contribution < 1.29 is 14.2 Å². The van der Waals surface area contributed by atoms with Crippen LogP contribution < -0.4 is 0 Å². The topological polar surface area (TPSA) is 31.0 Å². The van der Waals surface area contributed by atoms with E-state index < -0.39 is 0 Å². The van der Waals surface area contributed by atoms with E-state index in [-0.39, 0.29) is 0 Å². The van der Waals surface area contributed by atoms with Gasteiger partial charge in [0.05, 0.1) is 13.2 Å².